The predicted octanol–water partition coefficient (Wildman–Crippen LogP) is 0.550. The molecule has 1 fully saturated rings. The molecule has 0 aromatic carbocycles. The van der Waals surface area contributed by atoms with E-state index in [-0.39, 0.29) is 17.4 Å². The van der Waals surface area contributed by atoms with Crippen molar-refractivity contribution in [3.05, 3.63) is 0 Å². The van der Waals surface area contributed by atoms with Crippen LogP contribution in [-0.4, -0.2) is 36.5 Å². The third-order valence-corrected chi connectivity index (χ3v) is 2.62. The summed E-state index contributed by atoms with van der Waals surface area (Å²) < 4.78 is 0. The highest BCUT2D eigenvalue weighted by atomic mass is 16.2. The largest absolute Gasteiger partial charge is 0.356 e. The third-order valence-electron chi connectivity index (χ3n) is 2.62. The molecule has 1 rings (SSSR count). The SMILES string of the molecule is CC(C)(C)NCCC(=O)NCCC(=O)NC1CC1. The van der Waals surface area contributed by atoms with Crippen LogP contribution < -0.4 is 16.0 Å². The van der Waals surface area contributed by atoms with Crippen LogP contribution in [0.4, 0.5) is 0 Å². The summed E-state index contributed by atoms with van der Waals surface area (Å²) in [6, 6.07) is 0.393. The summed E-state index contributed by atoms with van der Waals surface area (Å²) in [5.41, 5.74) is 0.0322. The molecule has 5 nitrogen and oxygen atoms in total. The van der Waals surface area contributed by atoms with Gasteiger partial charge in [-0.3, -0.25) is 9.59 Å². The zero-order valence-corrected chi connectivity index (χ0v) is 11.6. The van der Waals surface area contributed by atoms with E-state index in [9.17, 15) is 9.59 Å². The van der Waals surface area contributed by atoms with Gasteiger partial charge >= 0.3 is 0 Å². The molecule has 2 amide bonds. The molecule has 1 aliphatic carbocycles. The van der Waals surface area contributed by atoms with Crippen LogP contribution in [0.1, 0.15) is 46.5 Å². The lowest BCUT2D eigenvalue weighted by atomic mass is 10.1. The molecule has 104 valence electrons. The van der Waals surface area contributed by atoms with Crippen LogP contribution in [0.5, 0.6) is 0 Å². The molecular weight excluding hydrogens is 230 g/mol. The van der Waals surface area contributed by atoms with Gasteiger partial charge in [0.1, 0.15) is 0 Å². The summed E-state index contributed by atoms with van der Waals surface area (Å²) in [6.07, 6.45) is 3.00. The Balaban J connectivity index is 1.97. The third kappa shape index (κ3) is 8.06. The van der Waals surface area contributed by atoms with Gasteiger partial charge in [-0.15, -0.1) is 0 Å². The van der Waals surface area contributed by atoms with Crippen molar-refractivity contribution in [1.82, 2.24) is 16.0 Å². The lowest BCUT2D eigenvalue weighted by Crippen LogP contribution is -2.39. The van der Waals surface area contributed by atoms with Crippen molar-refractivity contribution in [1.29, 1.82) is 0 Å². The van der Waals surface area contributed by atoms with Crippen LogP contribution in [0.3, 0.4) is 0 Å². The van der Waals surface area contributed by atoms with E-state index >= 15 is 0 Å². The monoisotopic (exact) mass is 255 g/mol. The van der Waals surface area contributed by atoms with Gasteiger partial charge in [-0.25, -0.2) is 0 Å². The molecule has 0 saturated heterocycles. The molecule has 18 heavy (non-hydrogen) atoms. The molecule has 0 unspecified atom stereocenters. The maximum Gasteiger partial charge on any atom is 0.221 e. The number of rotatable bonds is 7. The van der Waals surface area contributed by atoms with Gasteiger partial charge in [0.05, 0.1) is 0 Å². The van der Waals surface area contributed by atoms with Crippen LogP contribution >= 0.6 is 0 Å². The highest BCUT2D eigenvalue weighted by Crippen LogP contribution is 2.18. The second-order valence-electron chi connectivity index (χ2n) is 5.87. The molecule has 0 aromatic rings. The van der Waals surface area contributed by atoms with Gasteiger partial charge < -0.3 is 16.0 Å². The van der Waals surface area contributed by atoms with Gasteiger partial charge in [-0.2, -0.15) is 0 Å². The summed E-state index contributed by atoms with van der Waals surface area (Å²) >= 11 is 0. The van der Waals surface area contributed by atoms with E-state index in [0.29, 0.717) is 32.0 Å². The highest BCUT2D eigenvalue weighted by Gasteiger charge is 2.22. The summed E-state index contributed by atoms with van der Waals surface area (Å²) in [7, 11) is 0. The number of nitrogens with one attached hydrogen (secondary N) is 3. The van der Waals surface area contributed by atoms with Crippen LogP contribution in [0, 0.1) is 0 Å². The van der Waals surface area contributed by atoms with E-state index < -0.39 is 0 Å². The molecule has 1 saturated carbocycles. The van der Waals surface area contributed by atoms with Crippen LogP contribution in [-0.2, 0) is 9.59 Å². The topological polar surface area (TPSA) is 70.2 Å². The molecule has 0 aliphatic heterocycles. The second-order valence-corrected chi connectivity index (χ2v) is 5.87. The van der Waals surface area contributed by atoms with E-state index in [1.54, 1.807) is 0 Å². The Morgan fingerprint density at radius 3 is 2.22 bits per heavy atom. The standard InChI is InChI=1S/C13H25N3O2/c1-13(2,3)15-9-7-11(17)14-8-6-12(18)16-10-4-5-10/h10,15H,4-9H2,1-3H3,(H,14,17)(H,16,18). The Hall–Kier alpha value is -1.10. The summed E-state index contributed by atoms with van der Waals surface area (Å²) in [5, 5.41) is 8.89. The van der Waals surface area contributed by atoms with Crippen molar-refractivity contribution in [3.8, 4) is 0 Å². The van der Waals surface area contributed by atoms with Gasteiger partial charge in [0.15, 0.2) is 0 Å². The number of carbonyl (C=O) groups is 2. The lowest BCUT2D eigenvalue weighted by molar-refractivity contribution is -0.122. The molecule has 5 heteroatoms. The normalized spacial score (nSPS) is 15.3. The average molecular weight is 255 g/mol. The Morgan fingerprint density at radius 2 is 1.67 bits per heavy atom. The van der Waals surface area contributed by atoms with Gasteiger partial charge in [-0.1, -0.05) is 0 Å². The molecule has 0 radical (unpaired) electrons. The fraction of sp³-hybridized carbons (Fsp3) is 0.846. The van der Waals surface area contributed by atoms with Crippen LogP contribution in [0.2, 0.25) is 0 Å². The molecule has 0 bridgehead atoms. The Bertz CT molecular complexity index is 293. The fourth-order valence-corrected chi connectivity index (χ4v) is 1.48. The number of hydrogen-bond donors (Lipinski definition) is 3. The minimum Gasteiger partial charge on any atom is -0.356 e. The molecule has 0 heterocycles. The van der Waals surface area contributed by atoms with Crippen molar-refractivity contribution in [2.45, 2.75) is 58.0 Å². The Morgan fingerprint density at radius 1 is 1.06 bits per heavy atom. The van der Waals surface area contributed by atoms with Crippen LogP contribution in [0.25, 0.3) is 0 Å². The smallest absolute Gasteiger partial charge is 0.221 e. The lowest BCUT2D eigenvalue weighted by Gasteiger charge is -2.20. The van der Waals surface area contributed by atoms with E-state index in [4.69, 9.17) is 0 Å². The first-order valence-electron chi connectivity index (χ1n) is 6.68. The zero-order valence-electron chi connectivity index (χ0n) is 11.6. The van der Waals surface area contributed by atoms with E-state index in [0.717, 1.165) is 12.8 Å². The highest BCUT2D eigenvalue weighted by molar-refractivity contribution is 5.79. The van der Waals surface area contributed by atoms with Crippen molar-refractivity contribution in [2.75, 3.05) is 13.1 Å². The molecule has 0 atom stereocenters. The molecule has 0 aromatic heterocycles. The molecule has 0 spiro atoms. The maximum atomic E-state index is 11.5. The van der Waals surface area contributed by atoms with Crippen LogP contribution in [0.15, 0.2) is 0 Å². The minimum atomic E-state index is -0.00836. The Kier molecular flexibility index (Phi) is 5.59. The molecule has 1 aliphatic rings. The summed E-state index contributed by atoms with van der Waals surface area (Å²) in [5.74, 6) is 0.0246. The first kappa shape index (κ1) is 15.0. The average Bonchev–Trinajstić information content (AvgIpc) is 2.99. The minimum absolute atomic E-state index is 0.00836. The van der Waals surface area contributed by atoms with Gasteiger partial charge in [0, 0.05) is 37.5 Å². The number of hydrogen-bond acceptors (Lipinski definition) is 3. The first-order valence-corrected chi connectivity index (χ1v) is 6.68. The fourth-order valence-electron chi connectivity index (χ4n) is 1.48. The van der Waals surface area contributed by atoms with Crippen molar-refractivity contribution >= 4 is 11.8 Å². The van der Waals surface area contributed by atoms with E-state index in [1.807, 2.05) is 0 Å². The first-order chi connectivity index (χ1) is 8.37. The summed E-state index contributed by atoms with van der Waals surface area (Å²) in [6.45, 7) is 7.27. The maximum absolute atomic E-state index is 11.5. The predicted molar refractivity (Wildman–Crippen MR) is 71.2 cm³/mol. The van der Waals surface area contributed by atoms with Crippen molar-refractivity contribution in [2.24, 2.45) is 0 Å². The Labute approximate surface area is 109 Å². The zero-order chi connectivity index (χ0) is 13.6. The molecule has 3 N–H and O–H groups in total. The van der Waals surface area contributed by atoms with Gasteiger partial charge in [-0.05, 0) is 33.6 Å². The molecular formula is C13H25N3O2. The quantitative estimate of drug-likeness (QED) is 0.622. The second kappa shape index (κ2) is 6.73. The van der Waals surface area contributed by atoms with Crippen molar-refractivity contribution in [3.63, 3.8) is 0 Å². The number of amides is 2. The van der Waals surface area contributed by atoms with Gasteiger partial charge in [0.25, 0.3) is 0 Å². The van der Waals surface area contributed by atoms with Crippen molar-refractivity contribution < 1.29 is 9.59 Å². The number of carbonyl (C=O) groups excluding carboxylic acids is 2. The summed E-state index contributed by atoms with van der Waals surface area (Å²) in [4.78, 5) is 22.8. The van der Waals surface area contributed by atoms with E-state index in [2.05, 4.69) is 36.7 Å². The van der Waals surface area contributed by atoms with Gasteiger partial charge in [0.2, 0.25) is 11.8 Å². The van der Waals surface area contributed by atoms with E-state index in [1.165, 1.54) is 0 Å².